The molecule has 168 valence electrons. The molecule has 0 saturated heterocycles. The van der Waals surface area contributed by atoms with Gasteiger partial charge in [-0.1, -0.05) is 41.4 Å². The van der Waals surface area contributed by atoms with Gasteiger partial charge in [-0.15, -0.1) is 0 Å². The topological polar surface area (TPSA) is 75.7 Å². The van der Waals surface area contributed by atoms with Crippen LogP contribution in [0.5, 0.6) is 5.75 Å². The Morgan fingerprint density at radius 1 is 1.06 bits per heavy atom. The van der Waals surface area contributed by atoms with Gasteiger partial charge in [-0.25, -0.2) is 12.8 Å². The summed E-state index contributed by atoms with van der Waals surface area (Å²) in [5.41, 5.74) is 0.414. The molecule has 0 fully saturated rings. The molecule has 32 heavy (non-hydrogen) atoms. The fourth-order valence-corrected chi connectivity index (χ4v) is 5.01. The highest BCUT2D eigenvalue weighted by Gasteiger charge is 2.25. The van der Waals surface area contributed by atoms with E-state index in [2.05, 4.69) is 5.32 Å². The number of rotatable bonds is 7. The summed E-state index contributed by atoms with van der Waals surface area (Å²) >= 11 is 11.7. The van der Waals surface area contributed by atoms with E-state index >= 15 is 0 Å². The first kappa shape index (κ1) is 23.8. The van der Waals surface area contributed by atoms with Gasteiger partial charge in [0.15, 0.2) is 0 Å². The molecule has 10 heteroatoms. The van der Waals surface area contributed by atoms with E-state index in [1.54, 1.807) is 37.3 Å². The number of carbonyl (C=O) groups is 1. The Kier molecular flexibility index (Phi) is 7.28. The Morgan fingerprint density at radius 3 is 2.38 bits per heavy atom. The zero-order valence-electron chi connectivity index (χ0n) is 17.1. The molecule has 1 N–H and O–H groups in total. The van der Waals surface area contributed by atoms with Crippen LogP contribution < -0.4 is 14.4 Å². The van der Waals surface area contributed by atoms with Gasteiger partial charge in [0.2, 0.25) is 0 Å². The van der Waals surface area contributed by atoms with Gasteiger partial charge in [0.1, 0.15) is 11.6 Å². The minimum absolute atomic E-state index is 0.0575. The second-order valence-electron chi connectivity index (χ2n) is 6.57. The standard InChI is InChI=1S/C22H19Cl2FN2O4S/c1-3-27(14-7-5-4-6-8-14)32(29,30)15-9-10-21(31-2)20(11-15)26-22(28)16-12-19(25)18(24)13-17(16)23/h4-13H,3H2,1-2H3,(H,26,28). The lowest BCUT2D eigenvalue weighted by atomic mass is 10.2. The van der Waals surface area contributed by atoms with Crippen molar-refractivity contribution in [2.75, 3.05) is 23.3 Å². The zero-order chi connectivity index (χ0) is 23.5. The third-order valence-electron chi connectivity index (χ3n) is 4.59. The van der Waals surface area contributed by atoms with E-state index in [0.717, 1.165) is 12.1 Å². The fourth-order valence-electron chi connectivity index (χ4n) is 3.04. The summed E-state index contributed by atoms with van der Waals surface area (Å²) in [6, 6.07) is 14.7. The van der Waals surface area contributed by atoms with Crippen molar-refractivity contribution in [2.24, 2.45) is 0 Å². The van der Waals surface area contributed by atoms with Crippen molar-refractivity contribution in [3.8, 4) is 5.75 Å². The average Bonchev–Trinajstić information content (AvgIpc) is 2.77. The molecule has 0 unspecified atom stereocenters. The first-order chi connectivity index (χ1) is 15.2. The van der Waals surface area contributed by atoms with Crippen LogP contribution in [-0.4, -0.2) is 28.0 Å². The smallest absolute Gasteiger partial charge is 0.264 e. The number of nitrogens with zero attached hydrogens (tertiary/aromatic N) is 1. The molecule has 0 bridgehead atoms. The van der Waals surface area contributed by atoms with Crippen LogP contribution in [0.2, 0.25) is 10.0 Å². The van der Waals surface area contributed by atoms with Gasteiger partial charge in [0.25, 0.3) is 15.9 Å². The van der Waals surface area contributed by atoms with Gasteiger partial charge in [-0.2, -0.15) is 0 Å². The van der Waals surface area contributed by atoms with E-state index < -0.39 is 21.7 Å². The molecular weight excluding hydrogens is 478 g/mol. The summed E-state index contributed by atoms with van der Waals surface area (Å²) < 4.78 is 46.9. The van der Waals surface area contributed by atoms with Crippen LogP contribution >= 0.6 is 23.2 Å². The van der Waals surface area contributed by atoms with Gasteiger partial charge in [-0.3, -0.25) is 9.10 Å². The lowest BCUT2D eigenvalue weighted by Gasteiger charge is -2.23. The van der Waals surface area contributed by atoms with Crippen molar-refractivity contribution >= 4 is 50.5 Å². The van der Waals surface area contributed by atoms with Crippen molar-refractivity contribution in [3.63, 3.8) is 0 Å². The lowest BCUT2D eigenvalue weighted by molar-refractivity contribution is 0.102. The quantitative estimate of drug-likeness (QED) is 0.431. The van der Waals surface area contributed by atoms with Crippen LogP contribution in [0.25, 0.3) is 0 Å². The van der Waals surface area contributed by atoms with Crippen molar-refractivity contribution < 1.29 is 22.3 Å². The number of methoxy groups -OCH3 is 1. The summed E-state index contributed by atoms with van der Waals surface area (Å²) in [4.78, 5) is 12.7. The Bertz CT molecular complexity index is 1250. The van der Waals surface area contributed by atoms with Crippen LogP contribution in [0.4, 0.5) is 15.8 Å². The molecule has 0 heterocycles. The van der Waals surface area contributed by atoms with E-state index in [0.29, 0.717) is 5.69 Å². The molecule has 3 rings (SSSR count). The molecule has 1 amide bonds. The summed E-state index contributed by atoms with van der Waals surface area (Å²) in [6.07, 6.45) is 0. The Morgan fingerprint density at radius 2 is 1.75 bits per heavy atom. The van der Waals surface area contributed by atoms with Gasteiger partial charge >= 0.3 is 0 Å². The third kappa shape index (κ3) is 4.82. The molecule has 0 saturated carbocycles. The average molecular weight is 497 g/mol. The predicted molar refractivity (Wildman–Crippen MR) is 124 cm³/mol. The lowest BCUT2D eigenvalue weighted by Crippen LogP contribution is -2.30. The summed E-state index contributed by atoms with van der Waals surface area (Å²) in [7, 11) is -2.58. The van der Waals surface area contributed by atoms with E-state index in [1.165, 1.54) is 29.6 Å². The number of halogens is 3. The predicted octanol–water partition coefficient (Wildman–Crippen LogP) is 5.61. The van der Waals surface area contributed by atoms with E-state index in [9.17, 15) is 17.6 Å². The fraction of sp³-hybridized carbons (Fsp3) is 0.136. The number of para-hydroxylation sites is 1. The first-order valence-electron chi connectivity index (χ1n) is 9.40. The Hall–Kier alpha value is -2.81. The molecule has 3 aromatic rings. The molecule has 0 aliphatic rings. The highest BCUT2D eigenvalue weighted by atomic mass is 35.5. The van der Waals surface area contributed by atoms with Gasteiger partial charge in [-0.05, 0) is 49.4 Å². The number of hydrogen-bond donors (Lipinski definition) is 1. The maximum absolute atomic E-state index is 13.8. The summed E-state index contributed by atoms with van der Waals surface area (Å²) in [5.74, 6) is -1.36. The second-order valence-corrected chi connectivity index (χ2v) is 9.24. The number of sulfonamides is 1. The summed E-state index contributed by atoms with van der Waals surface area (Å²) in [6.45, 7) is 1.91. The molecule has 0 aliphatic heterocycles. The van der Waals surface area contributed by atoms with Crippen molar-refractivity contribution in [2.45, 2.75) is 11.8 Å². The minimum Gasteiger partial charge on any atom is -0.495 e. The van der Waals surface area contributed by atoms with Crippen LogP contribution in [0.3, 0.4) is 0 Å². The maximum atomic E-state index is 13.8. The monoisotopic (exact) mass is 496 g/mol. The van der Waals surface area contributed by atoms with E-state index in [-0.39, 0.29) is 38.5 Å². The van der Waals surface area contributed by atoms with Crippen LogP contribution in [0.15, 0.2) is 65.6 Å². The first-order valence-corrected chi connectivity index (χ1v) is 11.6. The largest absolute Gasteiger partial charge is 0.495 e. The number of ether oxygens (including phenoxy) is 1. The molecule has 0 spiro atoms. The Balaban J connectivity index is 2.00. The second kappa shape index (κ2) is 9.77. The molecular formula is C22H19Cl2FN2O4S. The number of benzene rings is 3. The van der Waals surface area contributed by atoms with Crippen LogP contribution in [0, 0.1) is 5.82 Å². The van der Waals surface area contributed by atoms with E-state index in [1.807, 2.05) is 0 Å². The van der Waals surface area contributed by atoms with Crippen molar-refractivity contribution in [1.82, 2.24) is 0 Å². The number of carbonyl (C=O) groups excluding carboxylic acids is 1. The van der Waals surface area contributed by atoms with Gasteiger partial charge in [0.05, 0.1) is 39.0 Å². The number of nitrogens with one attached hydrogen (secondary N) is 1. The van der Waals surface area contributed by atoms with Crippen LogP contribution in [-0.2, 0) is 10.0 Å². The highest BCUT2D eigenvalue weighted by Crippen LogP contribution is 2.32. The number of amides is 1. The van der Waals surface area contributed by atoms with Crippen LogP contribution in [0.1, 0.15) is 17.3 Å². The third-order valence-corrected chi connectivity index (χ3v) is 7.09. The van der Waals surface area contributed by atoms with Gasteiger partial charge < -0.3 is 10.1 Å². The van der Waals surface area contributed by atoms with Crippen molar-refractivity contribution in [3.05, 3.63) is 82.1 Å². The number of hydrogen-bond acceptors (Lipinski definition) is 4. The highest BCUT2D eigenvalue weighted by molar-refractivity contribution is 7.92. The maximum Gasteiger partial charge on any atom is 0.264 e. The number of anilines is 2. The Labute approximate surface area is 195 Å². The molecule has 3 aromatic carbocycles. The minimum atomic E-state index is -3.95. The van der Waals surface area contributed by atoms with E-state index in [4.69, 9.17) is 27.9 Å². The summed E-state index contributed by atoms with van der Waals surface area (Å²) in [5, 5.41) is 2.25. The zero-order valence-corrected chi connectivity index (χ0v) is 19.4. The molecule has 6 nitrogen and oxygen atoms in total. The van der Waals surface area contributed by atoms with Crippen molar-refractivity contribution in [1.29, 1.82) is 0 Å². The SMILES string of the molecule is CCN(c1ccccc1)S(=O)(=O)c1ccc(OC)c(NC(=O)c2cc(F)c(Cl)cc2Cl)c1. The van der Waals surface area contributed by atoms with Gasteiger partial charge in [0, 0.05) is 6.54 Å². The molecule has 0 aromatic heterocycles. The molecule has 0 aliphatic carbocycles. The normalized spacial score (nSPS) is 11.2. The molecule has 0 atom stereocenters. The molecule has 0 radical (unpaired) electrons.